The molecule has 0 atom stereocenters. The first-order chi connectivity index (χ1) is 24.6. The molecule has 7 rings (SSSR count). The number of pyridine rings is 1. The zero-order chi connectivity index (χ0) is 37.1. The smallest absolute Gasteiger partial charge is 0.148 e. The van der Waals surface area contributed by atoms with E-state index in [-0.39, 0.29) is 37.6 Å². The fraction of sp³-hybridized carbons (Fsp3) is 0.292. The van der Waals surface area contributed by atoms with Crippen molar-refractivity contribution in [2.24, 2.45) is 0 Å². The van der Waals surface area contributed by atoms with Crippen molar-refractivity contribution < 1.29 is 26.2 Å². The van der Waals surface area contributed by atoms with Crippen LogP contribution in [0.25, 0.3) is 61.3 Å². The molecule has 0 saturated carbocycles. The summed E-state index contributed by atoms with van der Waals surface area (Å²) < 4.78 is 2.19. The van der Waals surface area contributed by atoms with Crippen molar-refractivity contribution >= 4 is 21.9 Å². The summed E-state index contributed by atoms with van der Waals surface area (Å²) in [6, 6.07) is 37.9. The fourth-order valence-corrected chi connectivity index (χ4v) is 7.21. The minimum Gasteiger partial charge on any atom is -0.507 e. The van der Waals surface area contributed by atoms with Crippen LogP contribution >= 0.6 is 0 Å². The van der Waals surface area contributed by atoms with E-state index in [0.717, 1.165) is 50.1 Å². The minimum atomic E-state index is -0.0258. The van der Waals surface area contributed by atoms with E-state index in [1.807, 2.05) is 12.3 Å². The number of fused-ring (bicyclic) bond motifs is 2. The molecule has 0 amide bonds. The molecular weight excluding hydrogens is 830 g/mol. The molecule has 7 aromatic rings. The second kappa shape index (κ2) is 14.4. The first-order valence-electron chi connectivity index (χ1n) is 18.5. The molecule has 0 saturated heterocycles. The van der Waals surface area contributed by atoms with Crippen molar-refractivity contribution in [1.29, 1.82) is 0 Å². The summed E-state index contributed by atoms with van der Waals surface area (Å²) in [7, 11) is 0. The maximum Gasteiger partial charge on any atom is 0.148 e. The van der Waals surface area contributed by atoms with Crippen LogP contribution in [0.1, 0.15) is 103 Å². The Balaban J connectivity index is 0.00000481. The van der Waals surface area contributed by atoms with Gasteiger partial charge in [0.1, 0.15) is 11.6 Å². The van der Waals surface area contributed by atoms with Crippen molar-refractivity contribution in [3.05, 3.63) is 132 Å². The van der Waals surface area contributed by atoms with E-state index in [2.05, 4.69) is 165 Å². The van der Waals surface area contributed by atoms with Crippen LogP contribution in [0.2, 0.25) is 0 Å². The average molecular weight is 880 g/mol. The number of nitrogens with zero attached hydrogens (tertiary/aromatic N) is 3. The zero-order valence-electron chi connectivity index (χ0n) is 32.6. The molecule has 0 bridgehead atoms. The maximum absolute atomic E-state index is 11.3. The molecule has 2 aromatic heterocycles. The number of hydrogen-bond donors (Lipinski definition) is 1. The predicted molar refractivity (Wildman–Crippen MR) is 219 cm³/mol. The van der Waals surface area contributed by atoms with E-state index >= 15 is 0 Å². The van der Waals surface area contributed by atoms with Crippen LogP contribution in [0, 0.1) is 6.07 Å². The van der Waals surface area contributed by atoms with Gasteiger partial charge in [0.2, 0.25) is 0 Å². The van der Waals surface area contributed by atoms with Crippen LogP contribution in [0.15, 0.2) is 103 Å². The van der Waals surface area contributed by atoms with Crippen molar-refractivity contribution in [2.75, 3.05) is 0 Å². The van der Waals surface area contributed by atoms with Gasteiger partial charge in [0.25, 0.3) is 0 Å². The van der Waals surface area contributed by atoms with Gasteiger partial charge in [0.05, 0.1) is 16.6 Å². The largest absolute Gasteiger partial charge is 0.507 e. The number of aromatic hydroxyl groups is 1. The summed E-state index contributed by atoms with van der Waals surface area (Å²) in [5.74, 6) is 1.58. The van der Waals surface area contributed by atoms with Crippen molar-refractivity contribution in [1.82, 2.24) is 14.5 Å². The van der Waals surface area contributed by atoms with Crippen molar-refractivity contribution in [3.63, 3.8) is 0 Å². The monoisotopic (exact) mass is 879 g/mol. The Kier molecular flexibility index (Phi) is 10.4. The summed E-state index contributed by atoms with van der Waals surface area (Å²) in [6.45, 7) is 22.3. The van der Waals surface area contributed by atoms with Gasteiger partial charge in [-0.1, -0.05) is 128 Å². The van der Waals surface area contributed by atoms with Crippen LogP contribution in [-0.2, 0) is 31.9 Å². The fourth-order valence-electron chi connectivity index (χ4n) is 7.21. The molecule has 0 aliphatic carbocycles. The molecule has 274 valence electrons. The molecule has 0 unspecified atom stereocenters. The second-order valence-corrected chi connectivity index (χ2v) is 16.9. The van der Waals surface area contributed by atoms with E-state index in [1.165, 1.54) is 22.1 Å². The summed E-state index contributed by atoms with van der Waals surface area (Å²) in [5, 5.41) is 12.5. The van der Waals surface area contributed by atoms with Gasteiger partial charge in [0.15, 0.2) is 0 Å². The number of para-hydroxylation sites is 1. The summed E-state index contributed by atoms with van der Waals surface area (Å²) in [4.78, 5) is 10.3. The Labute approximate surface area is 329 Å². The van der Waals surface area contributed by atoms with Gasteiger partial charge in [-0.15, -0.1) is 35.4 Å². The number of imidazole rings is 1. The maximum atomic E-state index is 11.3. The molecule has 5 aromatic carbocycles. The molecule has 53 heavy (non-hydrogen) atoms. The molecule has 0 radical (unpaired) electrons. The summed E-state index contributed by atoms with van der Waals surface area (Å²) in [5.41, 5.74) is 13.5. The molecule has 0 aliphatic rings. The predicted octanol–water partition coefficient (Wildman–Crippen LogP) is 12.9. The van der Waals surface area contributed by atoms with Gasteiger partial charge in [-0.3, -0.25) is 9.55 Å². The first-order valence-corrected chi connectivity index (χ1v) is 18.5. The van der Waals surface area contributed by atoms with E-state index in [9.17, 15) is 5.11 Å². The Hall–Kier alpha value is -4.53. The normalized spacial score (nSPS) is 12.2. The molecule has 4 nitrogen and oxygen atoms in total. The molecule has 0 fully saturated rings. The van der Waals surface area contributed by atoms with Crippen molar-refractivity contribution in [2.45, 2.75) is 91.9 Å². The van der Waals surface area contributed by atoms with Crippen LogP contribution in [0.3, 0.4) is 0 Å². The van der Waals surface area contributed by atoms with Crippen molar-refractivity contribution in [3.8, 4) is 45.1 Å². The van der Waals surface area contributed by atoms with Gasteiger partial charge in [-0.25, -0.2) is 4.98 Å². The number of rotatable bonds is 6. The summed E-state index contributed by atoms with van der Waals surface area (Å²) in [6.07, 6.45) is 1.94. The topological polar surface area (TPSA) is 50.9 Å². The quantitative estimate of drug-likeness (QED) is 0.169. The summed E-state index contributed by atoms with van der Waals surface area (Å²) >= 11 is 0. The number of aromatic nitrogens is 3. The SMILES string of the molecule is CC(C)c1ccc(O)c(-c2nc3c(-c4[c-]c(-c5cc(C(C)C)cc6c(C(C)(C)C)ccnc56)ccc4)cccc3n2-c2ccc(C(C)(C)C)cc2)c1.[Pt]. The molecule has 2 heterocycles. The van der Waals surface area contributed by atoms with E-state index in [4.69, 9.17) is 9.97 Å². The molecule has 0 aliphatic heterocycles. The molecule has 0 spiro atoms. The van der Waals surface area contributed by atoms with Gasteiger partial charge < -0.3 is 5.11 Å². The van der Waals surface area contributed by atoms with Crippen LogP contribution in [0.4, 0.5) is 0 Å². The van der Waals surface area contributed by atoms with E-state index in [0.29, 0.717) is 23.2 Å². The minimum absolute atomic E-state index is 0. The Morgan fingerprint density at radius 2 is 1.28 bits per heavy atom. The Morgan fingerprint density at radius 3 is 1.92 bits per heavy atom. The van der Waals surface area contributed by atoms with Gasteiger partial charge >= 0.3 is 0 Å². The average Bonchev–Trinajstić information content (AvgIpc) is 3.50. The van der Waals surface area contributed by atoms with Crippen LogP contribution in [-0.4, -0.2) is 19.6 Å². The Bertz CT molecular complexity index is 2440. The molecule has 5 heteroatoms. The number of phenolic OH excluding ortho intramolecular Hbond substituents is 1. The Morgan fingerprint density at radius 1 is 0.642 bits per heavy atom. The number of benzene rings is 5. The van der Waals surface area contributed by atoms with Gasteiger partial charge in [-0.2, -0.15) is 0 Å². The van der Waals surface area contributed by atoms with Crippen LogP contribution in [0.5, 0.6) is 5.75 Å². The number of hydrogen-bond acceptors (Lipinski definition) is 3. The molecular formula is C48H50N3OPt-. The van der Waals surface area contributed by atoms with Gasteiger partial charge in [-0.05, 0) is 81.1 Å². The zero-order valence-corrected chi connectivity index (χ0v) is 34.8. The van der Waals surface area contributed by atoms with Crippen LogP contribution < -0.4 is 0 Å². The first kappa shape index (κ1) is 38.2. The molecule has 1 N–H and O–H groups in total. The van der Waals surface area contributed by atoms with Gasteiger partial charge in [0, 0.05) is 38.5 Å². The van der Waals surface area contributed by atoms with E-state index < -0.39 is 0 Å². The standard InChI is InChI=1S/C48H50N3O.Pt/c1-29(2)31-17-22-43(52)40(26-31)46-50-45-37(15-12-16-42(45)51(46)36-20-18-35(19-21-36)47(5,6)7)32-13-11-14-33(25-32)38-27-34(30(3)4)28-39-41(48(8,9)10)23-24-49-44(38)39;/h11-24,26-30,52H,1-10H3;/q-1;. The third-order valence-electron chi connectivity index (χ3n) is 10.3. The second-order valence-electron chi connectivity index (χ2n) is 16.9. The third kappa shape index (κ3) is 7.23. The number of phenols is 1. The van der Waals surface area contributed by atoms with E-state index in [1.54, 1.807) is 6.07 Å². The third-order valence-corrected chi connectivity index (χ3v) is 10.3.